The van der Waals surface area contributed by atoms with Crippen LogP contribution < -0.4 is 10.2 Å². The molecule has 1 aliphatic carbocycles. The summed E-state index contributed by atoms with van der Waals surface area (Å²) in [6.45, 7) is 6.22. The molecule has 2 aromatic heterocycles. The molecule has 0 saturated heterocycles. The van der Waals surface area contributed by atoms with Crippen LogP contribution in [0, 0.1) is 0 Å². The summed E-state index contributed by atoms with van der Waals surface area (Å²) in [5, 5.41) is 6.80. The molecule has 1 atom stereocenters. The number of nitrogens with one attached hydrogen (secondary N) is 1. The summed E-state index contributed by atoms with van der Waals surface area (Å²) < 4.78 is 5.49. The maximum atomic E-state index is 5.49. The average molecular weight is 305 g/mol. The highest BCUT2D eigenvalue weighted by molar-refractivity contribution is 7.13. The van der Waals surface area contributed by atoms with Gasteiger partial charge in [-0.25, -0.2) is 4.98 Å². The normalized spacial score (nSPS) is 16.1. The molecule has 0 amide bonds. The number of rotatable bonds is 8. The third-order valence-electron chi connectivity index (χ3n) is 3.79. The lowest BCUT2D eigenvalue weighted by Gasteiger charge is -2.20. The molecule has 4 nitrogen and oxygen atoms in total. The molecule has 1 N–H and O–H groups in total. The standard InChI is InChI=1S/C16H23N3OS/c1-3-8-17-12(2)15-11-21-16(18-15)19(13-6-7-13)10-14-5-4-9-20-14/h4-5,9,11-13,17H,3,6-8,10H2,1-2H3. The van der Waals surface area contributed by atoms with Gasteiger partial charge < -0.3 is 14.6 Å². The molecule has 1 fully saturated rings. The van der Waals surface area contributed by atoms with Crippen LogP contribution >= 0.6 is 11.3 Å². The maximum absolute atomic E-state index is 5.49. The van der Waals surface area contributed by atoms with Gasteiger partial charge in [0.25, 0.3) is 0 Å². The van der Waals surface area contributed by atoms with Gasteiger partial charge in [0.05, 0.1) is 18.5 Å². The summed E-state index contributed by atoms with van der Waals surface area (Å²) in [4.78, 5) is 7.23. The Labute approximate surface area is 130 Å². The second-order valence-corrected chi connectivity index (χ2v) is 6.51. The molecule has 0 aromatic carbocycles. The fourth-order valence-corrected chi connectivity index (χ4v) is 3.37. The predicted octanol–water partition coefficient (Wildman–Crippen LogP) is 3.97. The van der Waals surface area contributed by atoms with Crippen molar-refractivity contribution >= 4 is 16.5 Å². The lowest BCUT2D eigenvalue weighted by Crippen LogP contribution is -2.25. The van der Waals surface area contributed by atoms with E-state index in [1.165, 1.54) is 12.8 Å². The predicted molar refractivity (Wildman–Crippen MR) is 86.7 cm³/mol. The lowest BCUT2D eigenvalue weighted by atomic mass is 10.2. The first-order valence-electron chi connectivity index (χ1n) is 7.75. The summed E-state index contributed by atoms with van der Waals surface area (Å²) in [5.74, 6) is 1.01. The Hall–Kier alpha value is -1.33. The van der Waals surface area contributed by atoms with E-state index in [0.29, 0.717) is 12.1 Å². The minimum Gasteiger partial charge on any atom is -0.467 e. The second kappa shape index (κ2) is 6.62. The molecule has 2 aromatic rings. The Kier molecular flexibility index (Phi) is 4.60. The van der Waals surface area contributed by atoms with Crippen LogP contribution in [0.25, 0.3) is 0 Å². The van der Waals surface area contributed by atoms with Gasteiger partial charge in [-0.2, -0.15) is 0 Å². The zero-order valence-electron chi connectivity index (χ0n) is 12.7. The molecule has 5 heteroatoms. The number of hydrogen-bond donors (Lipinski definition) is 1. The number of nitrogens with zero attached hydrogens (tertiary/aromatic N) is 2. The highest BCUT2D eigenvalue weighted by Crippen LogP contribution is 2.35. The Bertz CT molecular complexity index is 548. The van der Waals surface area contributed by atoms with Crippen molar-refractivity contribution in [3.63, 3.8) is 0 Å². The van der Waals surface area contributed by atoms with Crippen LogP contribution in [-0.2, 0) is 6.54 Å². The fourth-order valence-electron chi connectivity index (χ4n) is 2.38. The molecule has 0 spiro atoms. The minimum absolute atomic E-state index is 0.319. The Morgan fingerprint density at radius 1 is 1.52 bits per heavy atom. The highest BCUT2D eigenvalue weighted by Gasteiger charge is 2.31. The highest BCUT2D eigenvalue weighted by atomic mass is 32.1. The molecular weight excluding hydrogens is 282 g/mol. The SMILES string of the molecule is CCCNC(C)c1csc(N(Cc2ccco2)C2CC2)n1. The number of furan rings is 1. The lowest BCUT2D eigenvalue weighted by molar-refractivity contribution is 0.500. The minimum atomic E-state index is 0.319. The van der Waals surface area contributed by atoms with Crippen molar-refractivity contribution in [2.24, 2.45) is 0 Å². The summed E-state index contributed by atoms with van der Waals surface area (Å²) in [6.07, 6.45) is 5.41. The molecule has 2 heterocycles. The number of thiazole rings is 1. The van der Waals surface area contributed by atoms with Gasteiger partial charge in [-0.05, 0) is 44.9 Å². The largest absolute Gasteiger partial charge is 0.467 e. The molecule has 1 unspecified atom stereocenters. The zero-order valence-corrected chi connectivity index (χ0v) is 13.5. The second-order valence-electron chi connectivity index (χ2n) is 5.67. The van der Waals surface area contributed by atoms with Gasteiger partial charge in [0.2, 0.25) is 0 Å². The van der Waals surface area contributed by atoms with Crippen LogP contribution in [0.3, 0.4) is 0 Å². The Balaban J connectivity index is 1.70. The number of anilines is 1. The van der Waals surface area contributed by atoms with E-state index in [1.807, 2.05) is 12.1 Å². The third kappa shape index (κ3) is 3.66. The first-order chi connectivity index (χ1) is 10.3. The molecule has 1 saturated carbocycles. The summed E-state index contributed by atoms with van der Waals surface area (Å²) >= 11 is 1.74. The summed E-state index contributed by atoms with van der Waals surface area (Å²) in [5.41, 5.74) is 1.15. The Morgan fingerprint density at radius 3 is 3.05 bits per heavy atom. The van der Waals surface area contributed by atoms with Crippen molar-refractivity contribution in [1.82, 2.24) is 10.3 Å². The van der Waals surface area contributed by atoms with Crippen molar-refractivity contribution in [3.8, 4) is 0 Å². The molecule has 114 valence electrons. The maximum Gasteiger partial charge on any atom is 0.186 e. The summed E-state index contributed by atoms with van der Waals surface area (Å²) in [6, 6.07) is 4.94. The van der Waals surface area contributed by atoms with Crippen LogP contribution in [-0.4, -0.2) is 17.6 Å². The van der Waals surface area contributed by atoms with Gasteiger partial charge in [0.15, 0.2) is 5.13 Å². The van der Waals surface area contributed by atoms with Gasteiger partial charge in [0.1, 0.15) is 5.76 Å². The molecule has 0 radical (unpaired) electrons. The van der Waals surface area contributed by atoms with Gasteiger partial charge >= 0.3 is 0 Å². The quantitative estimate of drug-likeness (QED) is 0.801. The van der Waals surface area contributed by atoms with Crippen LogP contribution in [0.4, 0.5) is 5.13 Å². The van der Waals surface area contributed by atoms with E-state index in [2.05, 4.69) is 29.4 Å². The van der Waals surface area contributed by atoms with E-state index >= 15 is 0 Å². The molecule has 0 aliphatic heterocycles. The molecule has 0 bridgehead atoms. The summed E-state index contributed by atoms with van der Waals surface area (Å²) in [7, 11) is 0. The first-order valence-corrected chi connectivity index (χ1v) is 8.63. The van der Waals surface area contributed by atoms with Gasteiger partial charge in [-0.15, -0.1) is 11.3 Å². The fraction of sp³-hybridized carbons (Fsp3) is 0.562. The molecule has 21 heavy (non-hydrogen) atoms. The van der Waals surface area contributed by atoms with E-state index in [1.54, 1.807) is 17.6 Å². The van der Waals surface area contributed by atoms with Crippen LogP contribution in [0.5, 0.6) is 0 Å². The molecule has 3 rings (SSSR count). The van der Waals surface area contributed by atoms with Crippen molar-refractivity contribution in [1.29, 1.82) is 0 Å². The average Bonchev–Trinajstić information content (AvgIpc) is 3.01. The monoisotopic (exact) mass is 305 g/mol. The van der Waals surface area contributed by atoms with E-state index in [-0.39, 0.29) is 0 Å². The van der Waals surface area contributed by atoms with E-state index in [9.17, 15) is 0 Å². The van der Waals surface area contributed by atoms with Crippen molar-refractivity contribution < 1.29 is 4.42 Å². The topological polar surface area (TPSA) is 41.3 Å². The Morgan fingerprint density at radius 2 is 2.38 bits per heavy atom. The van der Waals surface area contributed by atoms with Crippen LogP contribution in [0.1, 0.15) is 50.6 Å². The smallest absolute Gasteiger partial charge is 0.186 e. The van der Waals surface area contributed by atoms with Crippen molar-refractivity contribution in [2.45, 2.75) is 51.7 Å². The van der Waals surface area contributed by atoms with Gasteiger partial charge in [0, 0.05) is 17.5 Å². The van der Waals surface area contributed by atoms with Gasteiger partial charge in [-0.3, -0.25) is 0 Å². The van der Waals surface area contributed by atoms with Crippen molar-refractivity contribution in [3.05, 3.63) is 35.2 Å². The van der Waals surface area contributed by atoms with Crippen LogP contribution in [0.15, 0.2) is 28.2 Å². The molecular formula is C16H23N3OS. The van der Waals surface area contributed by atoms with Crippen molar-refractivity contribution in [2.75, 3.05) is 11.4 Å². The molecule has 1 aliphatic rings. The van der Waals surface area contributed by atoms with Crippen LogP contribution in [0.2, 0.25) is 0 Å². The third-order valence-corrected chi connectivity index (χ3v) is 4.69. The number of aromatic nitrogens is 1. The van der Waals surface area contributed by atoms with E-state index < -0.39 is 0 Å². The zero-order chi connectivity index (χ0) is 14.7. The number of hydrogen-bond acceptors (Lipinski definition) is 5. The van der Waals surface area contributed by atoms with E-state index in [0.717, 1.165) is 36.1 Å². The van der Waals surface area contributed by atoms with E-state index in [4.69, 9.17) is 9.40 Å². The van der Waals surface area contributed by atoms with Gasteiger partial charge in [-0.1, -0.05) is 6.92 Å². The first kappa shape index (κ1) is 14.6.